The van der Waals surface area contributed by atoms with E-state index in [4.69, 9.17) is 23.7 Å². The summed E-state index contributed by atoms with van der Waals surface area (Å²) in [7, 11) is 0. The van der Waals surface area contributed by atoms with Crippen LogP contribution in [-0.2, 0) is 23.7 Å². The van der Waals surface area contributed by atoms with E-state index in [0.717, 1.165) is 51.4 Å². The summed E-state index contributed by atoms with van der Waals surface area (Å²) in [4.78, 5) is 0. The average molecular weight is 467 g/mol. The van der Waals surface area contributed by atoms with Crippen LogP contribution in [0.3, 0.4) is 0 Å². The molecule has 5 nitrogen and oxygen atoms in total. The molecule has 0 amide bonds. The van der Waals surface area contributed by atoms with Crippen LogP contribution in [0.2, 0.25) is 0 Å². The van der Waals surface area contributed by atoms with Crippen LogP contribution in [0.4, 0.5) is 0 Å². The Labute approximate surface area is 181 Å². The highest BCUT2D eigenvalue weighted by molar-refractivity contribution is 9.09. The molecule has 1 aliphatic heterocycles. The third-order valence-corrected chi connectivity index (χ3v) is 5.59. The molecule has 1 fully saturated rings. The Bertz CT molecular complexity index is 358. The summed E-state index contributed by atoms with van der Waals surface area (Å²) < 4.78 is 31.3. The van der Waals surface area contributed by atoms with Crippen molar-refractivity contribution in [2.45, 2.75) is 110 Å². The molecule has 0 bridgehead atoms. The first kappa shape index (κ1) is 26.3. The summed E-state index contributed by atoms with van der Waals surface area (Å²) in [6.45, 7) is 11.5. The fourth-order valence-corrected chi connectivity index (χ4v) is 3.66. The Kier molecular flexibility index (Phi) is 16.0. The van der Waals surface area contributed by atoms with Crippen molar-refractivity contribution >= 4 is 15.9 Å². The lowest BCUT2D eigenvalue weighted by molar-refractivity contribution is -0.314. The van der Waals surface area contributed by atoms with Gasteiger partial charge in [-0.05, 0) is 25.7 Å². The van der Waals surface area contributed by atoms with Crippen LogP contribution < -0.4 is 0 Å². The number of unbranched alkanes of at least 4 members (excludes halogenated alkanes) is 4. The number of alkyl halides is 1. The first-order valence-corrected chi connectivity index (χ1v) is 12.5. The second kappa shape index (κ2) is 17.0. The summed E-state index contributed by atoms with van der Waals surface area (Å²) in [6, 6.07) is 0. The van der Waals surface area contributed by atoms with Gasteiger partial charge in [-0.3, -0.25) is 0 Å². The standard InChI is InChI=1S/C22H43BrO5/c1-5-9-13-24-19-18(17-23)28-22(27-16-12-8-4)21(26-15-11-7-3)20(19)25-14-10-6-2/h18-22H,5-17H2,1-4H3/t18-,19-,20?,21-,22?/m1/s1. The minimum Gasteiger partial charge on any atom is -0.373 e. The maximum absolute atomic E-state index is 6.35. The molecule has 0 aromatic carbocycles. The van der Waals surface area contributed by atoms with Crippen LogP contribution >= 0.6 is 15.9 Å². The van der Waals surface area contributed by atoms with Crippen LogP contribution in [0.1, 0.15) is 79.1 Å². The van der Waals surface area contributed by atoms with Gasteiger partial charge in [0, 0.05) is 31.8 Å². The Balaban J connectivity index is 2.94. The van der Waals surface area contributed by atoms with Gasteiger partial charge in [0.25, 0.3) is 0 Å². The lowest BCUT2D eigenvalue weighted by Crippen LogP contribution is -2.61. The molecule has 2 unspecified atom stereocenters. The molecule has 1 heterocycles. The van der Waals surface area contributed by atoms with Crippen LogP contribution in [0.15, 0.2) is 0 Å². The molecule has 0 spiro atoms. The maximum atomic E-state index is 6.35. The highest BCUT2D eigenvalue weighted by atomic mass is 79.9. The number of hydrogen-bond donors (Lipinski definition) is 0. The Morgan fingerprint density at radius 1 is 0.607 bits per heavy atom. The van der Waals surface area contributed by atoms with Gasteiger partial charge in [-0.25, -0.2) is 0 Å². The summed E-state index contributed by atoms with van der Waals surface area (Å²) in [5, 5.41) is 0.687. The van der Waals surface area contributed by atoms with Crippen LogP contribution in [0.5, 0.6) is 0 Å². The van der Waals surface area contributed by atoms with Crippen molar-refractivity contribution in [3.05, 3.63) is 0 Å². The lowest BCUT2D eigenvalue weighted by atomic mass is 9.98. The maximum Gasteiger partial charge on any atom is 0.186 e. The van der Waals surface area contributed by atoms with Gasteiger partial charge in [0.1, 0.15) is 18.3 Å². The normalized spacial score (nSPS) is 28.0. The monoisotopic (exact) mass is 466 g/mol. The number of ether oxygens (including phenoxy) is 5. The lowest BCUT2D eigenvalue weighted by Gasteiger charge is -2.45. The molecule has 6 heteroatoms. The second-order valence-corrected chi connectivity index (χ2v) is 8.14. The van der Waals surface area contributed by atoms with E-state index in [1.54, 1.807) is 0 Å². The average Bonchev–Trinajstić information content (AvgIpc) is 2.70. The molecule has 0 aromatic heterocycles. The minimum absolute atomic E-state index is 0.110. The molecule has 1 saturated heterocycles. The molecule has 0 radical (unpaired) electrons. The predicted octanol–water partition coefficient (Wildman–Crippen LogP) is 5.48. The zero-order valence-electron chi connectivity index (χ0n) is 18.5. The number of hydrogen-bond acceptors (Lipinski definition) is 5. The SMILES string of the molecule is CCCCOC1O[C@H](CBr)[C@@H](OCCCC)C(OCCCC)[C@H]1OCCCC. The van der Waals surface area contributed by atoms with Crippen LogP contribution in [0, 0.1) is 0 Å². The van der Waals surface area contributed by atoms with Crippen molar-refractivity contribution in [1.29, 1.82) is 0 Å². The molecule has 168 valence electrons. The fourth-order valence-electron chi connectivity index (χ4n) is 3.14. The van der Waals surface area contributed by atoms with E-state index in [2.05, 4.69) is 43.6 Å². The van der Waals surface area contributed by atoms with E-state index >= 15 is 0 Å². The van der Waals surface area contributed by atoms with Gasteiger partial charge in [-0.2, -0.15) is 0 Å². The molecule has 1 aliphatic rings. The topological polar surface area (TPSA) is 46.2 Å². The van der Waals surface area contributed by atoms with Crippen molar-refractivity contribution < 1.29 is 23.7 Å². The summed E-state index contributed by atoms with van der Waals surface area (Å²) in [6.07, 6.45) is 7.37. The van der Waals surface area contributed by atoms with Gasteiger partial charge in [0.2, 0.25) is 0 Å². The molecule has 5 atom stereocenters. The van der Waals surface area contributed by atoms with Crippen LogP contribution in [0.25, 0.3) is 0 Å². The van der Waals surface area contributed by atoms with E-state index in [-0.39, 0.29) is 24.4 Å². The highest BCUT2D eigenvalue weighted by Gasteiger charge is 2.48. The number of halogens is 1. The molecule has 0 N–H and O–H groups in total. The molecular weight excluding hydrogens is 424 g/mol. The Hall–Kier alpha value is 0.280. The molecular formula is C22H43BrO5. The Morgan fingerprint density at radius 2 is 1.04 bits per heavy atom. The number of rotatable bonds is 17. The molecule has 0 aromatic rings. The van der Waals surface area contributed by atoms with E-state index in [0.29, 0.717) is 31.8 Å². The quantitative estimate of drug-likeness (QED) is 0.209. The van der Waals surface area contributed by atoms with Gasteiger partial charge in [-0.1, -0.05) is 69.3 Å². The first-order chi connectivity index (χ1) is 13.7. The Morgan fingerprint density at radius 3 is 1.50 bits per heavy atom. The minimum atomic E-state index is -0.413. The summed E-state index contributed by atoms with van der Waals surface area (Å²) in [5.74, 6) is 0. The van der Waals surface area contributed by atoms with E-state index in [1.807, 2.05) is 0 Å². The fraction of sp³-hybridized carbons (Fsp3) is 1.00. The smallest absolute Gasteiger partial charge is 0.186 e. The second-order valence-electron chi connectivity index (χ2n) is 7.49. The van der Waals surface area contributed by atoms with Gasteiger partial charge in [0.15, 0.2) is 6.29 Å². The van der Waals surface area contributed by atoms with Gasteiger partial charge < -0.3 is 23.7 Å². The van der Waals surface area contributed by atoms with Crippen molar-refractivity contribution in [2.24, 2.45) is 0 Å². The molecule has 28 heavy (non-hydrogen) atoms. The molecule has 0 saturated carbocycles. The van der Waals surface area contributed by atoms with Crippen molar-refractivity contribution in [2.75, 3.05) is 31.8 Å². The zero-order chi connectivity index (χ0) is 20.6. The third-order valence-electron chi connectivity index (χ3n) is 4.95. The molecule has 0 aliphatic carbocycles. The third kappa shape index (κ3) is 9.40. The van der Waals surface area contributed by atoms with Gasteiger partial charge >= 0.3 is 0 Å². The van der Waals surface area contributed by atoms with Crippen molar-refractivity contribution in [3.63, 3.8) is 0 Å². The first-order valence-electron chi connectivity index (χ1n) is 11.4. The van der Waals surface area contributed by atoms with E-state index in [1.165, 1.54) is 0 Å². The zero-order valence-corrected chi connectivity index (χ0v) is 20.1. The van der Waals surface area contributed by atoms with Crippen LogP contribution in [-0.4, -0.2) is 62.5 Å². The predicted molar refractivity (Wildman–Crippen MR) is 117 cm³/mol. The molecule has 1 rings (SSSR count). The van der Waals surface area contributed by atoms with E-state index in [9.17, 15) is 0 Å². The van der Waals surface area contributed by atoms with Crippen molar-refractivity contribution in [3.8, 4) is 0 Å². The van der Waals surface area contributed by atoms with Gasteiger partial charge in [-0.15, -0.1) is 0 Å². The summed E-state index contributed by atoms with van der Waals surface area (Å²) >= 11 is 3.61. The van der Waals surface area contributed by atoms with E-state index < -0.39 is 6.29 Å². The highest BCUT2D eigenvalue weighted by Crippen LogP contribution is 2.30. The van der Waals surface area contributed by atoms with Crippen molar-refractivity contribution in [1.82, 2.24) is 0 Å². The van der Waals surface area contributed by atoms with Gasteiger partial charge in [0.05, 0.1) is 6.10 Å². The largest absolute Gasteiger partial charge is 0.373 e. The summed E-state index contributed by atoms with van der Waals surface area (Å²) in [5.41, 5.74) is 0.